The summed E-state index contributed by atoms with van der Waals surface area (Å²) in [5, 5.41) is 9.74. The van der Waals surface area contributed by atoms with Crippen molar-refractivity contribution in [3.8, 4) is 0 Å². The number of aliphatic hydroxyl groups excluding tert-OH is 1. The summed E-state index contributed by atoms with van der Waals surface area (Å²) >= 11 is 0. The highest BCUT2D eigenvalue weighted by Crippen LogP contribution is 2.59. The lowest BCUT2D eigenvalue weighted by Gasteiger charge is -2.33. The van der Waals surface area contributed by atoms with Gasteiger partial charge in [-0.3, -0.25) is 14.4 Å². The van der Waals surface area contributed by atoms with Crippen LogP contribution in [0.1, 0.15) is 56.6 Å². The van der Waals surface area contributed by atoms with Crippen LogP contribution in [0.2, 0.25) is 18.6 Å². The number of carbonyl (C=O) groups excluding carboxylic acids is 3. The normalized spacial score (nSPS) is 26.0. The lowest BCUT2D eigenvalue weighted by Crippen LogP contribution is -2.45. The van der Waals surface area contributed by atoms with Crippen molar-refractivity contribution >= 4 is 37.4 Å². The van der Waals surface area contributed by atoms with Gasteiger partial charge < -0.3 is 29.3 Å². The van der Waals surface area contributed by atoms with E-state index in [1.165, 1.54) is 0 Å². The molecule has 0 aliphatic carbocycles. The van der Waals surface area contributed by atoms with Gasteiger partial charge in [-0.25, -0.2) is 0 Å². The molecule has 1 spiro atoms. The third-order valence-corrected chi connectivity index (χ3v) is 12.1. The maximum absolute atomic E-state index is 14.2. The molecule has 3 heterocycles. The summed E-state index contributed by atoms with van der Waals surface area (Å²) in [6.45, 7) is 6.58. The number of fused-ring (bicyclic) bond motifs is 2. The zero-order valence-corrected chi connectivity index (χ0v) is 26.8. The first kappa shape index (κ1) is 31.4. The standard InChI is InChI=1S/C33H45N3O6Si/c1-23-31(43(3,4)41)28(21-30(39)35(18-19-37)22-24-12-8-7-9-13-24)42-33(23)26-20-25(15-16-27(26)34(2)32(33)40)36-17-11-6-5-10-14-29(36)38/h7-9,12-13,15-16,20,23,28,31,37,41H,5-6,10-11,14,17-19,21-22H2,1-4H3/t23-,28+,31-,33+/m1/s1. The Morgan fingerprint density at radius 1 is 1.09 bits per heavy atom. The second kappa shape index (κ2) is 12.5. The molecular weight excluding hydrogens is 562 g/mol. The summed E-state index contributed by atoms with van der Waals surface area (Å²) in [7, 11) is -1.23. The van der Waals surface area contributed by atoms with Gasteiger partial charge in [-0.1, -0.05) is 50.1 Å². The molecule has 9 nitrogen and oxygen atoms in total. The van der Waals surface area contributed by atoms with Crippen LogP contribution in [0, 0.1) is 5.92 Å². The van der Waals surface area contributed by atoms with Crippen LogP contribution in [0.4, 0.5) is 11.4 Å². The van der Waals surface area contributed by atoms with Crippen molar-refractivity contribution in [3.63, 3.8) is 0 Å². The van der Waals surface area contributed by atoms with Gasteiger partial charge in [0, 0.05) is 55.8 Å². The van der Waals surface area contributed by atoms with Gasteiger partial charge in [0.05, 0.1) is 24.8 Å². The number of amides is 3. The van der Waals surface area contributed by atoms with Crippen molar-refractivity contribution in [2.75, 3.05) is 36.5 Å². The topological polar surface area (TPSA) is 111 Å². The fraction of sp³-hybridized carbons (Fsp3) is 0.545. The third kappa shape index (κ3) is 5.90. The molecule has 2 aromatic carbocycles. The van der Waals surface area contributed by atoms with Gasteiger partial charge in [-0.15, -0.1) is 0 Å². The van der Waals surface area contributed by atoms with Crippen molar-refractivity contribution in [2.24, 2.45) is 5.92 Å². The summed E-state index contributed by atoms with van der Waals surface area (Å²) in [5.41, 5.74) is 1.32. The molecule has 2 saturated heterocycles. The molecule has 3 aliphatic heterocycles. The fourth-order valence-electron chi connectivity index (χ4n) is 7.49. The van der Waals surface area contributed by atoms with Crippen molar-refractivity contribution < 1.29 is 29.0 Å². The zero-order chi connectivity index (χ0) is 30.9. The average Bonchev–Trinajstić information content (AvgIpc) is 3.37. The van der Waals surface area contributed by atoms with Gasteiger partial charge >= 0.3 is 0 Å². The van der Waals surface area contributed by atoms with Crippen molar-refractivity contribution in [1.29, 1.82) is 0 Å². The minimum absolute atomic E-state index is 0.0167. The van der Waals surface area contributed by atoms with Crippen LogP contribution >= 0.6 is 0 Å². The van der Waals surface area contributed by atoms with Crippen molar-refractivity contribution in [1.82, 2.24) is 4.90 Å². The Morgan fingerprint density at radius 2 is 1.81 bits per heavy atom. The van der Waals surface area contributed by atoms with Gasteiger partial charge in [-0.2, -0.15) is 0 Å². The maximum Gasteiger partial charge on any atom is 0.264 e. The Kier molecular flexibility index (Phi) is 9.13. The first-order chi connectivity index (χ1) is 20.5. The van der Waals surface area contributed by atoms with Crippen LogP contribution in [0.25, 0.3) is 0 Å². The number of hydrogen-bond donors (Lipinski definition) is 2. The molecule has 0 unspecified atom stereocenters. The molecule has 5 rings (SSSR count). The summed E-state index contributed by atoms with van der Waals surface area (Å²) in [6, 6.07) is 15.3. The summed E-state index contributed by atoms with van der Waals surface area (Å²) in [4.78, 5) is 57.6. The number of nitrogens with zero attached hydrogens (tertiary/aromatic N) is 3. The number of rotatable bonds is 8. The number of hydrogen-bond acceptors (Lipinski definition) is 6. The number of anilines is 2. The molecule has 4 atom stereocenters. The Labute approximate surface area is 255 Å². The summed E-state index contributed by atoms with van der Waals surface area (Å²) in [5.74, 6) is -0.749. The number of aliphatic hydroxyl groups is 1. The van der Waals surface area contributed by atoms with E-state index in [-0.39, 0.29) is 37.3 Å². The van der Waals surface area contributed by atoms with Crippen LogP contribution in [-0.2, 0) is 31.3 Å². The zero-order valence-electron chi connectivity index (χ0n) is 25.8. The number of carbonyl (C=O) groups is 3. The lowest BCUT2D eigenvalue weighted by atomic mass is 9.82. The van der Waals surface area contributed by atoms with Gasteiger partial charge in [0.25, 0.3) is 5.91 Å². The largest absolute Gasteiger partial charge is 0.432 e. The number of benzene rings is 2. The van der Waals surface area contributed by atoms with E-state index in [0.29, 0.717) is 30.8 Å². The third-order valence-electron chi connectivity index (χ3n) is 9.55. The van der Waals surface area contributed by atoms with E-state index in [0.717, 1.165) is 36.9 Å². The van der Waals surface area contributed by atoms with Crippen molar-refractivity contribution in [3.05, 3.63) is 59.7 Å². The molecule has 3 aliphatic rings. The Balaban J connectivity index is 1.50. The minimum Gasteiger partial charge on any atom is -0.432 e. The van der Waals surface area contributed by atoms with Crippen LogP contribution < -0.4 is 9.80 Å². The molecule has 0 saturated carbocycles. The SMILES string of the molecule is C[C@@H]1[C@@H]([Si](C)(C)O)[C@H](CC(=O)N(CCO)Cc2ccccc2)O[C@@]12C(=O)N(C)c1ccc(N3CCCCCCC3=O)cc12. The number of likely N-dealkylation sites (N-methyl/N-ethyl adjacent to an activating group) is 1. The van der Waals surface area contributed by atoms with Crippen LogP contribution in [0.3, 0.4) is 0 Å². The fourth-order valence-corrected chi connectivity index (χ4v) is 10.0. The van der Waals surface area contributed by atoms with Gasteiger partial charge in [-0.05, 0) is 49.7 Å². The maximum atomic E-state index is 14.2. The Morgan fingerprint density at radius 3 is 2.51 bits per heavy atom. The van der Waals surface area contributed by atoms with Crippen LogP contribution in [0.5, 0.6) is 0 Å². The minimum atomic E-state index is -2.96. The molecule has 232 valence electrons. The molecule has 43 heavy (non-hydrogen) atoms. The second-order valence-corrected chi connectivity index (χ2v) is 16.8. The predicted molar refractivity (Wildman–Crippen MR) is 168 cm³/mol. The van der Waals surface area contributed by atoms with Gasteiger partial charge in [0.1, 0.15) is 0 Å². The summed E-state index contributed by atoms with van der Waals surface area (Å²) < 4.78 is 6.80. The lowest BCUT2D eigenvalue weighted by molar-refractivity contribution is -0.149. The molecular formula is C33H45N3O6Si. The Hall–Kier alpha value is -3.05. The molecule has 0 aromatic heterocycles. The average molecular weight is 608 g/mol. The van der Waals surface area contributed by atoms with E-state index >= 15 is 0 Å². The van der Waals surface area contributed by atoms with E-state index in [2.05, 4.69) is 0 Å². The number of ether oxygens (including phenoxy) is 1. The quantitative estimate of drug-likeness (QED) is 0.436. The smallest absolute Gasteiger partial charge is 0.264 e. The van der Waals surface area contributed by atoms with E-state index in [1.807, 2.05) is 73.4 Å². The summed E-state index contributed by atoms with van der Waals surface area (Å²) in [6.07, 6.45) is 3.71. The molecule has 2 aromatic rings. The monoisotopic (exact) mass is 607 g/mol. The molecule has 3 amide bonds. The van der Waals surface area contributed by atoms with E-state index < -0.39 is 31.5 Å². The molecule has 2 N–H and O–H groups in total. The molecule has 0 bridgehead atoms. The highest BCUT2D eigenvalue weighted by molar-refractivity contribution is 6.71. The Bertz CT molecular complexity index is 1350. The van der Waals surface area contributed by atoms with Crippen molar-refractivity contribution in [2.45, 2.75) is 82.3 Å². The second-order valence-electron chi connectivity index (χ2n) is 12.9. The highest BCUT2D eigenvalue weighted by Gasteiger charge is 2.66. The first-order valence-corrected chi connectivity index (χ1v) is 18.6. The van der Waals surface area contributed by atoms with Crippen LogP contribution in [-0.4, -0.2) is 73.7 Å². The van der Waals surface area contributed by atoms with Gasteiger partial charge in [0.2, 0.25) is 11.8 Å². The molecule has 0 radical (unpaired) electrons. The van der Waals surface area contributed by atoms with E-state index in [1.54, 1.807) is 16.8 Å². The van der Waals surface area contributed by atoms with E-state index in [9.17, 15) is 24.3 Å². The first-order valence-electron chi connectivity index (χ1n) is 15.5. The highest BCUT2D eigenvalue weighted by atomic mass is 28.4. The van der Waals surface area contributed by atoms with E-state index in [4.69, 9.17) is 4.74 Å². The van der Waals surface area contributed by atoms with Gasteiger partial charge in [0.15, 0.2) is 13.9 Å². The predicted octanol–water partition coefficient (Wildman–Crippen LogP) is 4.17. The van der Waals surface area contributed by atoms with Crippen LogP contribution in [0.15, 0.2) is 48.5 Å². The molecule has 10 heteroatoms. The molecule has 2 fully saturated rings.